The number of carboxylic acids is 1. The summed E-state index contributed by atoms with van der Waals surface area (Å²) in [5.74, 6) is -0.205. The summed E-state index contributed by atoms with van der Waals surface area (Å²) in [6.07, 6.45) is 9.99. The van der Waals surface area contributed by atoms with Crippen LogP contribution in [0.4, 0.5) is 4.79 Å². The predicted octanol–water partition coefficient (Wildman–Crippen LogP) is 5.47. The summed E-state index contributed by atoms with van der Waals surface area (Å²) in [7, 11) is 0. The molecule has 2 amide bonds. The zero-order chi connectivity index (χ0) is 21.0. The number of carbonyl (C=O) groups excluding carboxylic acids is 1. The number of halogens is 1. The first-order valence-corrected chi connectivity index (χ1v) is 11.0. The molecule has 2 N–H and O–H groups in total. The van der Waals surface area contributed by atoms with Gasteiger partial charge in [0.2, 0.25) is 0 Å². The maximum absolute atomic E-state index is 12.6. The van der Waals surface area contributed by atoms with Crippen molar-refractivity contribution in [2.45, 2.75) is 70.8 Å². The average molecular weight is 419 g/mol. The minimum Gasteiger partial charge on any atom is -0.481 e. The molecular weight excluding hydrogens is 388 g/mol. The van der Waals surface area contributed by atoms with Crippen molar-refractivity contribution in [3.8, 4) is 0 Å². The molecule has 1 aromatic rings. The van der Waals surface area contributed by atoms with Crippen molar-refractivity contribution in [1.82, 2.24) is 10.2 Å². The third-order valence-corrected chi connectivity index (χ3v) is 6.73. The molecule has 2 aliphatic rings. The molecule has 1 fully saturated rings. The lowest BCUT2D eigenvalue weighted by molar-refractivity contribution is -0.137. The van der Waals surface area contributed by atoms with Crippen LogP contribution in [0.25, 0.3) is 0 Å². The van der Waals surface area contributed by atoms with Crippen LogP contribution >= 0.6 is 11.6 Å². The number of aliphatic carboxylic acids is 1. The standard InChI is InChI=1S/C23H31ClN2O3/c1-3-18-15-26(12-11-21(27)28)22(29)25-23(18,2)19-10-9-17(20(24)14-19)13-16-7-5-4-6-8-16/h9-10,14-16H,3-8,11-13H2,1-2H3,(H,25,29)(H,27,28)/t23-/m1/s1. The van der Waals surface area contributed by atoms with Crippen LogP contribution in [0.3, 0.4) is 0 Å². The van der Waals surface area contributed by atoms with Crippen LogP contribution in [0.1, 0.15) is 69.9 Å². The van der Waals surface area contributed by atoms with Crippen LogP contribution < -0.4 is 5.32 Å². The second-order valence-electron chi connectivity index (χ2n) is 8.41. The summed E-state index contributed by atoms with van der Waals surface area (Å²) < 4.78 is 0. The molecule has 0 spiro atoms. The second kappa shape index (κ2) is 9.21. The molecule has 3 rings (SSSR count). The molecule has 1 atom stereocenters. The second-order valence-corrected chi connectivity index (χ2v) is 8.82. The summed E-state index contributed by atoms with van der Waals surface area (Å²) >= 11 is 6.66. The van der Waals surface area contributed by atoms with Gasteiger partial charge in [-0.15, -0.1) is 0 Å². The van der Waals surface area contributed by atoms with Gasteiger partial charge < -0.3 is 15.3 Å². The number of hydrogen-bond donors (Lipinski definition) is 2. The van der Waals surface area contributed by atoms with Gasteiger partial charge in [0.15, 0.2) is 0 Å². The van der Waals surface area contributed by atoms with E-state index in [1.165, 1.54) is 42.6 Å². The fourth-order valence-corrected chi connectivity index (χ4v) is 4.81. The number of amides is 2. The van der Waals surface area contributed by atoms with Crippen LogP contribution in [0, 0.1) is 5.92 Å². The molecule has 0 radical (unpaired) electrons. The summed E-state index contributed by atoms with van der Waals surface area (Å²) in [6, 6.07) is 5.87. The molecule has 0 saturated heterocycles. The van der Waals surface area contributed by atoms with E-state index in [0.29, 0.717) is 5.92 Å². The number of carbonyl (C=O) groups is 2. The van der Waals surface area contributed by atoms with Gasteiger partial charge in [0.05, 0.1) is 12.0 Å². The van der Waals surface area contributed by atoms with Crippen molar-refractivity contribution < 1.29 is 14.7 Å². The van der Waals surface area contributed by atoms with Crippen molar-refractivity contribution in [3.63, 3.8) is 0 Å². The number of rotatable bonds is 7. The number of carboxylic acid groups (broad SMARTS) is 1. The molecule has 0 aromatic heterocycles. The Labute approximate surface area is 178 Å². The van der Waals surface area contributed by atoms with E-state index in [9.17, 15) is 9.59 Å². The number of hydrogen-bond acceptors (Lipinski definition) is 2. The smallest absolute Gasteiger partial charge is 0.322 e. The van der Waals surface area contributed by atoms with E-state index < -0.39 is 11.5 Å². The van der Waals surface area contributed by atoms with Crippen molar-refractivity contribution in [3.05, 3.63) is 46.1 Å². The Morgan fingerprint density at radius 1 is 1.31 bits per heavy atom. The van der Waals surface area contributed by atoms with E-state index in [1.807, 2.05) is 19.9 Å². The van der Waals surface area contributed by atoms with Crippen LogP contribution in [-0.4, -0.2) is 28.6 Å². The Hall–Kier alpha value is -2.01. The zero-order valence-electron chi connectivity index (χ0n) is 17.3. The average Bonchev–Trinajstić information content (AvgIpc) is 2.69. The molecule has 0 bridgehead atoms. The zero-order valence-corrected chi connectivity index (χ0v) is 18.1. The van der Waals surface area contributed by atoms with Gasteiger partial charge in [-0.1, -0.05) is 62.8 Å². The summed E-state index contributed by atoms with van der Waals surface area (Å²) in [6.45, 7) is 4.18. The van der Waals surface area contributed by atoms with Gasteiger partial charge in [-0.25, -0.2) is 4.79 Å². The minimum absolute atomic E-state index is 0.0840. The van der Waals surface area contributed by atoms with Gasteiger partial charge in [0.25, 0.3) is 0 Å². The fraction of sp³-hybridized carbons (Fsp3) is 0.565. The van der Waals surface area contributed by atoms with E-state index in [-0.39, 0.29) is 19.0 Å². The van der Waals surface area contributed by atoms with E-state index in [1.54, 1.807) is 6.20 Å². The molecular formula is C23H31ClN2O3. The van der Waals surface area contributed by atoms with Crippen molar-refractivity contribution in [2.75, 3.05) is 6.54 Å². The van der Waals surface area contributed by atoms with Gasteiger partial charge >= 0.3 is 12.0 Å². The quantitative estimate of drug-likeness (QED) is 0.616. The Bertz CT molecular complexity index is 801. The SMILES string of the molecule is CCC1=CN(CCC(=O)O)C(=O)N[C@@]1(C)c1ccc(CC2CCCCC2)c(Cl)c1. The van der Waals surface area contributed by atoms with Crippen LogP contribution in [0.2, 0.25) is 5.02 Å². The number of nitrogens with one attached hydrogen (secondary N) is 1. The van der Waals surface area contributed by atoms with E-state index in [0.717, 1.165) is 29.0 Å². The van der Waals surface area contributed by atoms with Crippen LogP contribution in [0.5, 0.6) is 0 Å². The van der Waals surface area contributed by atoms with Gasteiger partial charge in [-0.05, 0) is 48.4 Å². The molecule has 29 heavy (non-hydrogen) atoms. The van der Waals surface area contributed by atoms with Crippen LogP contribution in [-0.2, 0) is 16.8 Å². The normalized spacial score (nSPS) is 22.9. The highest BCUT2D eigenvalue weighted by Gasteiger charge is 2.38. The van der Waals surface area contributed by atoms with Crippen molar-refractivity contribution >= 4 is 23.6 Å². The fourth-order valence-electron chi connectivity index (χ4n) is 4.55. The van der Waals surface area contributed by atoms with Gasteiger partial charge in [-0.2, -0.15) is 0 Å². The number of nitrogens with zero attached hydrogens (tertiary/aromatic N) is 1. The highest BCUT2D eigenvalue weighted by atomic mass is 35.5. The third-order valence-electron chi connectivity index (χ3n) is 6.38. The lowest BCUT2D eigenvalue weighted by atomic mass is 9.80. The van der Waals surface area contributed by atoms with E-state index in [4.69, 9.17) is 16.7 Å². The lowest BCUT2D eigenvalue weighted by Crippen LogP contribution is -2.54. The molecule has 1 aliphatic carbocycles. The first kappa shape index (κ1) is 21.7. The van der Waals surface area contributed by atoms with Crippen molar-refractivity contribution in [1.29, 1.82) is 0 Å². The molecule has 1 aliphatic heterocycles. The Kier molecular flexibility index (Phi) is 6.89. The monoisotopic (exact) mass is 418 g/mol. The molecule has 1 saturated carbocycles. The molecule has 5 nitrogen and oxygen atoms in total. The third kappa shape index (κ3) is 4.95. The van der Waals surface area contributed by atoms with Gasteiger partial charge in [-0.3, -0.25) is 4.79 Å². The molecule has 1 heterocycles. The van der Waals surface area contributed by atoms with E-state index >= 15 is 0 Å². The number of benzene rings is 1. The van der Waals surface area contributed by atoms with Crippen molar-refractivity contribution in [2.24, 2.45) is 5.92 Å². The topological polar surface area (TPSA) is 69.6 Å². The van der Waals surface area contributed by atoms with E-state index in [2.05, 4.69) is 17.4 Å². The lowest BCUT2D eigenvalue weighted by Gasteiger charge is -2.40. The Morgan fingerprint density at radius 3 is 2.66 bits per heavy atom. The Balaban J connectivity index is 1.82. The molecule has 1 aromatic carbocycles. The highest BCUT2D eigenvalue weighted by Crippen LogP contribution is 2.37. The first-order valence-electron chi connectivity index (χ1n) is 10.6. The van der Waals surface area contributed by atoms with Gasteiger partial charge in [0.1, 0.15) is 0 Å². The molecule has 0 unspecified atom stereocenters. The van der Waals surface area contributed by atoms with Gasteiger partial charge in [0, 0.05) is 17.8 Å². The maximum Gasteiger partial charge on any atom is 0.322 e. The molecule has 6 heteroatoms. The molecule has 158 valence electrons. The number of urea groups is 1. The summed E-state index contributed by atoms with van der Waals surface area (Å²) in [5, 5.41) is 12.8. The van der Waals surface area contributed by atoms with Crippen LogP contribution in [0.15, 0.2) is 30.0 Å². The largest absolute Gasteiger partial charge is 0.481 e. The Morgan fingerprint density at radius 2 is 2.03 bits per heavy atom. The summed E-state index contributed by atoms with van der Waals surface area (Å²) in [4.78, 5) is 24.9. The minimum atomic E-state index is -0.919. The first-order chi connectivity index (χ1) is 13.8. The summed E-state index contributed by atoms with van der Waals surface area (Å²) in [5.41, 5.74) is 2.50. The highest BCUT2D eigenvalue weighted by molar-refractivity contribution is 6.31. The predicted molar refractivity (Wildman–Crippen MR) is 115 cm³/mol. The maximum atomic E-state index is 12.6.